The van der Waals surface area contributed by atoms with Gasteiger partial charge >= 0.3 is 0 Å². The van der Waals surface area contributed by atoms with E-state index in [0.29, 0.717) is 0 Å². The van der Waals surface area contributed by atoms with E-state index in [1.165, 1.54) is 12.1 Å². The number of benzene rings is 2. The molecule has 0 aliphatic heterocycles. The first-order valence-corrected chi connectivity index (χ1v) is 5.45. The molecule has 0 radical (unpaired) electrons. The van der Waals surface area contributed by atoms with Crippen molar-refractivity contribution in [2.75, 3.05) is 0 Å². The zero-order chi connectivity index (χ0) is 13.3. The molecule has 2 aromatic carbocycles. The van der Waals surface area contributed by atoms with Crippen LogP contribution in [-0.2, 0) is 0 Å². The smallest absolute Gasteiger partial charge is 0.141 e. The van der Waals surface area contributed by atoms with Crippen LogP contribution in [-0.4, -0.2) is 5.11 Å². The molecule has 0 spiro atoms. The molecule has 2 rings (SSSR count). The number of aliphatic hydroxyl groups excluding tert-OH is 1. The van der Waals surface area contributed by atoms with Crippen molar-refractivity contribution in [2.24, 2.45) is 0 Å². The fourth-order valence-electron chi connectivity index (χ4n) is 1.59. The summed E-state index contributed by atoms with van der Waals surface area (Å²) in [6.45, 7) is 0. The highest BCUT2D eigenvalue weighted by molar-refractivity contribution is 6.30. The quantitative estimate of drug-likeness (QED) is 0.881. The number of rotatable bonds is 2. The Bertz CT molecular complexity index is 586. The van der Waals surface area contributed by atoms with Crippen LogP contribution in [0.4, 0.5) is 13.2 Å². The van der Waals surface area contributed by atoms with Gasteiger partial charge in [-0.3, -0.25) is 0 Å². The van der Waals surface area contributed by atoms with Crippen molar-refractivity contribution in [1.82, 2.24) is 0 Å². The van der Waals surface area contributed by atoms with Gasteiger partial charge in [0.1, 0.15) is 23.6 Å². The van der Waals surface area contributed by atoms with Gasteiger partial charge in [0.25, 0.3) is 0 Å². The Labute approximate surface area is 106 Å². The summed E-state index contributed by atoms with van der Waals surface area (Å²) in [6, 6.07) is 6.24. The highest BCUT2D eigenvalue weighted by atomic mass is 35.5. The molecule has 0 bridgehead atoms. The average Bonchev–Trinajstić information content (AvgIpc) is 2.35. The maximum absolute atomic E-state index is 13.5. The van der Waals surface area contributed by atoms with Gasteiger partial charge in [0, 0.05) is 5.56 Å². The largest absolute Gasteiger partial charge is 0.384 e. The molecule has 94 valence electrons. The summed E-state index contributed by atoms with van der Waals surface area (Å²) in [5.41, 5.74) is -0.0384. The maximum Gasteiger partial charge on any atom is 0.141 e. The van der Waals surface area contributed by atoms with E-state index in [9.17, 15) is 18.3 Å². The van der Waals surface area contributed by atoms with E-state index in [0.717, 1.165) is 24.3 Å². The summed E-state index contributed by atoms with van der Waals surface area (Å²) in [6.07, 6.45) is -1.40. The standard InChI is InChI=1S/C13H8ClF3O/c14-10-5-7(1-3-12(10)17)13(18)9-6-8(15)2-4-11(9)16/h1-6,13,18H. The highest BCUT2D eigenvalue weighted by Gasteiger charge is 2.17. The predicted molar refractivity (Wildman–Crippen MR) is 61.8 cm³/mol. The van der Waals surface area contributed by atoms with Crippen molar-refractivity contribution < 1.29 is 18.3 Å². The zero-order valence-electron chi connectivity index (χ0n) is 9.00. The third-order valence-corrected chi connectivity index (χ3v) is 2.80. The molecule has 1 unspecified atom stereocenters. The third-order valence-electron chi connectivity index (χ3n) is 2.51. The van der Waals surface area contributed by atoms with E-state index in [1.807, 2.05) is 0 Å². The average molecular weight is 273 g/mol. The van der Waals surface area contributed by atoms with Crippen molar-refractivity contribution >= 4 is 11.6 Å². The van der Waals surface area contributed by atoms with Gasteiger partial charge in [-0.15, -0.1) is 0 Å². The summed E-state index contributed by atoms with van der Waals surface area (Å²) in [4.78, 5) is 0. The molecule has 0 aliphatic carbocycles. The molecule has 0 aromatic heterocycles. The van der Waals surface area contributed by atoms with Crippen LogP contribution in [0.15, 0.2) is 36.4 Å². The SMILES string of the molecule is OC(c1ccc(F)c(Cl)c1)c1cc(F)ccc1F. The van der Waals surface area contributed by atoms with Crippen molar-refractivity contribution in [2.45, 2.75) is 6.10 Å². The van der Waals surface area contributed by atoms with Gasteiger partial charge in [-0.1, -0.05) is 17.7 Å². The lowest BCUT2D eigenvalue weighted by Crippen LogP contribution is -2.03. The van der Waals surface area contributed by atoms with Crippen LogP contribution in [0.2, 0.25) is 5.02 Å². The van der Waals surface area contributed by atoms with Crippen LogP contribution in [0, 0.1) is 17.5 Å². The van der Waals surface area contributed by atoms with Gasteiger partial charge in [-0.25, -0.2) is 13.2 Å². The zero-order valence-corrected chi connectivity index (χ0v) is 9.76. The third kappa shape index (κ3) is 2.49. The first-order valence-electron chi connectivity index (χ1n) is 5.07. The van der Waals surface area contributed by atoms with Gasteiger partial charge in [0.05, 0.1) is 5.02 Å². The molecule has 18 heavy (non-hydrogen) atoms. The van der Waals surface area contributed by atoms with Crippen molar-refractivity contribution in [3.05, 3.63) is 70.0 Å². The molecular weight excluding hydrogens is 265 g/mol. The van der Waals surface area contributed by atoms with E-state index in [2.05, 4.69) is 0 Å². The van der Waals surface area contributed by atoms with E-state index < -0.39 is 23.6 Å². The Morgan fingerprint density at radius 2 is 1.61 bits per heavy atom. The van der Waals surface area contributed by atoms with Crippen LogP contribution in [0.3, 0.4) is 0 Å². The minimum absolute atomic E-state index is 0.186. The van der Waals surface area contributed by atoms with E-state index in [-0.39, 0.29) is 16.1 Å². The summed E-state index contributed by atoms with van der Waals surface area (Å²) >= 11 is 5.56. The Kier molecular flexibility index (Phi) is 3.59. The molecule has 2 aromatic rings. The minimum Gasteiger partial charge on any atom is -0.384 e. The number of halogens is 4. The number of hydrogen-bond acceptors (Lipinski definition) is 1. The monoisotopic (exact) mass is 272 g/mol. The van der Waals surface area contributed by atoms with Gasteiger partial charge in [-0.2, -0.15) is 0 Å². The Hall–Kier alpha value is -1.52. The van der Waals surface area contributed by atoms with Crippen molar-refractivity contribution in [3.8, 4) is 0 Å². The van der Waals surface area contributed by atoms with Gasteiger partial charge in [0.2, 0.25) is 0 Å². The summed E-state index contributed by atoms with van der Waals surface area (Å²) in [5, 5.41) is 9.73. The van der Waals surface area contributed by atoms with Crippen LogP contribution < -0.4 is 0 Å². The predicted octanol–water partition coefficient (Wildman–Crippen LogP) is 3.84. The molecule has 0 heterocycles. The summed E-state index contributed by atoms with van der Waals surface area (Å²) in [5.74, 6) is -2.06. The lowest BCUT2D eigenvalue weighted by atomic mass is 10.0. The first kappa shape index (κ1) is 12.9. The Morgan fingerprint density at radius 3 is 2.28 bits per heavy atom. The fraction of sp³-hybridized carbons (Fsp3) is 0.0769. The summed E-state index contributed by atoms with van der Waals surface area (Å²) < 4.78 is 39.4. The van der Waals surface area contributed by atoms with Gasteiger partial charge in [0.15, 0.2) is 0 Å². The number of aliphatic hydroxyl groups is 1. The maximum atomic E-state index is 13.5. The van der Waals surface area contributed by atoms with E-state index in [4.69, 9.17) is 11.6 Å². The van der Waals surface area contributed by atoms with Crippen molar-refractivity contribution in [3.63, 3.8) is 0 Å². The Balaban J connectivity index is 2.44. The molecule has 1 nitrogen and oxygen atoms in total. The molecule has 1 N–H and O–H groups in total. The topological polar surface area (TPSA) is 20.2 Å². The first-order chi connectivity index (χ1) is 8.49. The Morgan fingerprint density at radius 1 is 0.944 bits per heavy atom. The lowest BCUT2D eigenvalue weighted by Gasteiger charge is -2.13. The minimum atomic E-state index is -1.40. The second kappa shape index (κ2) is 5.00. The summed E-state index contributed by atoms with van der Waals surface area (Å²) in [7, 11) is 0. The molecular formula is C13H8ClF3O. The normalized spacial score (nSPS) is 12.5. The van der Waals surface area contributed by atoms with E-state index >= 15 is 0 Å². The highest BCUT2D eigenvalue weighted by Crippen LogP contribution is 2.27. The van der Waals surface area contributed by atoms with Gasteiger partial charge in [-0.05, 0) is 35.9 Å². The molecule has 0 saturated heterocycles. The van der Waals surface area contributed by atoms with E-state index in [1.54, 1.807) is 0 Å². The second-order valence-corrected chi connectivity index (χ2v) is 4.15. The van der Waals surface area contributed by atoms with Gasteiger partial charge < -0.3 is 5.11 Å². The second-order valence-electron chi connectivity index (χ2n) is 3.74. The van der Waals surface area contributed by atoms with Crippen LogP contribution >= 0.6 is 11.6 Å². The molecule has 0 fully saturated rings. The molecule has 5 heteroatoms. The molecule has 0 saturated carbocycles. The molecule has 0 amide bonds. The number of hydrogen-bond donors (Lipinski definition) is 1. The van der Waals surface area contributed by atoms with Crippen molar-refractivity contribution in [1.29, 1.82) is 0 Å². The van der Waals surface area contributed by atoms with Crippen LogP contribution in [0.5, 0.6) is 0 Å². The van der Waals surface area contributed by atoms with Crippen LogP contribution in [0.1, 0.15) is 17.2 Å². The fourth-order valence-corrected chi connectivity index (χ4v) is 1.78. The molecule has 1 atom stereocenters. The molecule has 0 aliphatic rings. The van der Waals surface area contributed by atoms with Crippen LogP contribution in [0.25, 0.3) is 0 Å². The lowest BCUT2D eigenvalue weighted by molar-refractivity contribution is 0.214.